The Labute approximate surface area is 102 Å². The maximum atomic E-state index is 11.4. The van der Waals surface area contributed by atoms with Gasteiger partial charge in [-0.15, -0.1) is 0 Å². The molecule has 0 aliphatic heterocycles. The predicted octanol–water partition coefficient (Wildman–Crippen LogP) is -1.42. The van der Waals surface area contributed by atoms with Crippen LogP contribution < -0.4 is 16.6 Å². The average Bonchev–Trinajstić information content (AvgIpc) is 2.78. The number of aromatic nitrogens is 4. The number of aromatic amines is 1. The van der Waals surface area contributed by atoms with Gasteiger partial charge in [-0.1, -0.05) is 0 Å². The molecular weight excluding hydrogens is 236 g/mol. The van der Waals surface area contributed by atoms with Crippen molar-refractivity contribution in [2.45, 2.75) is 13.0 Å². The Balaban J connectivity index is 2.06. The molecule has 1 amide bonds. The smallest absolute Gasteiger partial charge is 0.278 e. The van der Waals surface area contributed by atoms with Crippen LogP contribution in [-0.4, -0.2) is 38.5 Å². The third kappa shape index (κ3) is 2.54. The first-order chi connectivity index (χ1) is 8.72. The van der Waals surface area contributed by atoms with Crippen LogP contribution in [0.2, 0.25) is 0 Å². The van der Waals surface area contributed by atoms with E-state index in [0.29, 0.717) is 31.7 Å². The van der Waals surface area contributed by atoms with Crippen molar-refractivity contribution in [2.75, 3.05) is 13.1 Å². The highest BCUT2D eigenvalue weighted by molar-refractivity contribution is 5.76. The first-order valence-electron chi connectivity index (χ1n) is 5.57. The molecule has 2 rings (SSSR count). The van der Waals surface area contributed by atoms with Crippen molar-refractivity contribution in [3.8, 4) is 0 Å². The fraction of sp³-hybridized carbons (Fsp3) is 0.400. The summed E-state index contributed by atoms with van der Waals surface area (Å²) in [6.45, 7) is 1.29. The van der Waals surface area contributed by atoms with E-state index in [-0.39, 0.29) is 17.0 Å². The number of nitrogens with zero attached hydrogens (tertiary/aromatic N) is 3. The van der Waals surface area contributed by atoms with Gasteiger partial charge in [-0.3, -0.25) is 9.59 Å². The number of imidazole rings is 1. The largest absolute Gasteiger partial charge is 0.355 e. The minimum absolute atomic E-state index is 0.0906. The van der Waals surface area contributed by atoms with E-state index in [1.54, 1.807) is 4.57 Å². The van der Waals surface area contributed by atoms with Gasteiger partial charge < -0.3 is 20.6 Å². The number of carbonyl (C=O) groups is 1. The molecule has 8 heteroatoms. The number of hydrogen-bond acceptors (Lipinski definition) is 5. The van der Waals surface area contributed by atoms with E-state index in [9.17, 15) is 9.59 Å². The van der Waals surface area contributed by atoms with Crippen LogP contribution in [0, 0.1) is 0 Å². The van der Waals surface area contributed by atoms with Crippen molar-refractivity contribution in [3.63, 3.8) is 0 Å². The summed E-state index contributed by atoms with van der Waals surface area (Å²) < 4.78 is 1.67. The molecule has 0 aliphatic rings. The summed E-state index contributed by atoms with van der Waals surface area (Å²) in [5.41, 5.74) is 5.75. The quantitative estimate of drug-likeness (QED) is 0.602. The molecule has 0 saturated carbocycles. The van der Waals surface area contributed by atoms with Crippen molar-refractivity contribution < 1.29 is 4.79 Å². The third-order valence-corrected chi connectivity index (χ3v) is 2.45. The maximum Gasteiger partial charge on any atom is 0.278 e. The Morgan fingerprint density at radius 1 is 1.50 bits per heavy atom. The van der Waals surface area contributed by atoms with Crippen LogP contribution >= 0.6 is 0 Å². The molecule has 0 aliphatic carbocycles. The first-order valence-corrected chi connectivity index (χ1v) is 5.57. The standard InChI is InChI=1S/C10H14N6O2/c11-2-3-12-7(17)1-4-16-6-15-8-9(16)13-5-14-10(8)18/h5-6H,1-4,11H2,(H,12,17)(H,13,14,18). The van der Waals surface area contributed by atoms with Crippen LogP contribution in [0.1, 0.15) is 6.42 Å². The molecule has 2 heterocycles. The highest BCUT2D eigenvalue weighted by Crippen LogP contribution is 2.04. The molecule has 0 saturated heterocycles. The van der Waals surface area contributed by atoms with Gasteiger partial charge in [-0.2, -0.15) is 0 Å². The number of H-pyrrole nitrogens is 1. The van der Waals surface area contributed by atoms with E-state index < -0.39 is 0 Å². The highest BCUT2D eigenvalue weighted by atomic mass is 16.1. The topological polar surface area (TPSA) is 119 Å². The number of rotatable bonds is 5. The van der Waals surface area contributed by atoms with Gasteiger partial charge in [0.25, 0.3) is 5.56 Å². The van der Waals surface area contributed by atoms with Crippen LogP contribution in [0.15, 0.2) is 17.4 Å². The molecule has 0 atom stereocenters. The fourth-order valence-corrected chi connectivity index (χ4v) is 1.58. The molecule has 2 aromatic rings. The number of aryl methyl sites for hydroxylation is 1. The summed E-state index contributed by atoms with van der Waals surface area (Å²) in [5, 5.41) is 2.67. The average molecular weight is 250 g/mol. The predicted molar refractivity (Wildman–Crippen MR) is 64.8 cm³/mol. The second kappa shape index (κ2) is 5.41. The molecule has 96 valence electrons. The van der Waals surface area contributed by atoms with E-state index in [0.717, 1.165) is 0 Å². The van der Waals surface area contributed by atoms with Crippen LogP contribution in [0.4, 0.5) is 0 Å². The monoisotopic (exact) mass is 250 g/mol. The summed E-state index contributed by atoms with van der Waals surface area (Å²) in [5.74, 6) is -0.0906. The Morgan fingerprint density at radius 3 is 3.11 bits per heavy atom. The lowest BCUT2D eigenvalue weighted by Crippen LogP contribution is -2.29. The molecular formula is C10H14N6O2. The molecule has 18 heavy (non-hydrogen) atoms. The van der Waals surface area contributed by atoms with Gasteiger partial charge in [0, 0.05) is 26.1 Å². The summed E-state index contributed by atoms with van der Waals surface area (Å²) in [6, 6.07) is 0. The van der Waals surface area contributed by atoms with Gasteiger partial charge in [-0.05, 0) is 0 Å². The minimum Gasteiger partial charge on any atom is -0.355 e. The van der Waals surface area contributed by atoms with Crippen molar-refractivity contribution in [3.05, 3.63) is 23.0 Å². The van der Waals surface area contributed by atoms with Crippen LogP contribution in [0.5, 0.6) is 0 Å². The zero-order valence-corrected chi connectivity index (χ0v) is 9.72. The lowest BCUT2D eigenvalue weighted by Gasteiger charge is -2.04. The molecule has 0 bridgehead atoms. The van der Waals surface area contributed by atoms with Gasteiger partial charge in [-0.25, -0.2) is 9.97 Å². The summed E-state index contributed by atoms with van der Waals surface area (Å²) in [6.07, 6.45) is 3.11. The summed E-state index contributed by atoms with van der Waals surface area (Å²) >= 11 is 0. The Morgan fingerprint density at radius 2 is 2.33 bits per heavy atom. The lowest BCUT2D eigenvalue weighted by molar-refractivity contribution is -0.121. The normalized spacial score (nSPS) is 10.7. The zero-order valence-electron chi connectivity index (χ0n) is 9.72. The van der Waals surface area contributed by atoms with Crippen molar-refractivity contribution in [2.24, 2.45) is 5.73 Å². The molecule has 0 aromatic carbocycles. The Hall–Kier alpha value is -2.22. The molecule has 0 radical (unpaired) electrons. The third-order valence-electron chi connectivity index (χ3n) is 2.45. The molecule has 8 nitrogen and oxygen atoms in total. The Bertz CT molecular complexity index is 602. The zero-order chi connectivity index (χ0) is 13.0. The molecule has 0 unspecified atom stereocenters. The van der Waals surface area contributed by atoms with Crippen LogP contribution in [0.3, 0.4) is 0 Å². The van der Waals surface area contributed by atoms with E-state index in [4.69, 9.17) is 5.73 Å². The van der Waals surface area contributed by atoms with Crippen molar-refractivity contribution in [1.29, 1.82) is 0 Å². The van der Waals surface area contributed by atoms with Crippen LogP contribution in [-0.2, 0) is 11.3 Å². The van der Waals surface area contributed by atoms with Gasteiger partial charge in [0.05, 0.1) is 12.7 Å². The number of carbonyl (C=O) groups excluding carboxylic acids is 1. The first kappa shape index (κ1) is 12.2. The minimum atomic E-state index is -0.286. The number of nitrogens with two attached hydrogens (primary N) is 1. The number of hydrogen-bond donors (Lipinski definition) is 3. The van der Waals surface area contributed by atoms with E-state index in [1.165, 1.54) is 12.7 Å². The Kier molecular flexibility index (Phi) is 3.68. The summed E-state index contributed by atoms with van der Waals surface area (Å²) in [7, 11) is 0. The lowest BCUT2D eigenvalue weighted by atomic mass is 10.4. The maximum absolute atomic E-state index is 11.4. The second-order valence-corrected chi connectivity index (χ2v) is 3.73. The van der Waals surface area contributed by atoms with Gasteiger partial charge in [0.2, 0.25) is 5.91 Å². The van der Waals surface area contributed by atoms with Crippen molar-refractivity contribution >= 4 is 17.1 Å². The van der Waals surface area contributed by atoms with Gasteiger partial charge in [0.1, 0.15) is 0 Å². The molecule has 0 spiro atoms. The highest BCUT2D eigenvalue weighted by Gasteiger charge is 2.08. The van der Waals surface area contributed by atoms with E-state index in [2.05, 4.69) is 20.3 Å². The number of fused-ring (bicyclic) bond motifs is 1. The molecule has 0 fully saturated rings. The molecule has 4 N–H and O–H groups in total. The van der Waals surface area contributed by atoms with E-state index in [1.807, 2.05) is 0 Å². The van der Waals surface area contributed by atoms with Crippen molar-refractivity contribution in [1.82, 2.24) is 24.8 Å². The van der Waals surface area contributed by atoms with Crippen LogP contribution in [0.25, 0.3) is 11.2 Å². The SMILES string of the molecule is NCCNC(=O)CCn1cnc2c(=O)[nH]cnc21. The second-order valence-electron chi connectivity index (χ2n) is 3.73. The van der Waals surface area contributed by atoms with Gasteiger partial charge >= 0.3 is 0 Å². The molecule has 2 aromatic heterocycles. The summed E-state index contributed by atoms with van der Waals surface area (Å²) in [4.78, 5) is 33.3. The van der Waals surface area contributed by atoms with Gasteiger partial charge in [0.15, 0.2) is 11.2 Å². The van der Waals surface area contributed by atoms with E-state index >= 15 is 0 Å². The number of amides is 1. The number of nitrogens with one attached hydrogen (secondary N) is 2. The fourth-order valence-electron chi connectivity index (χ4n) is 1.58.